The van der Waals surface area contributed by atoms with Crippen LogP contribution in [0.25, 0.3) is 0 Å². The van der Waals surface area contributed by atoms with Gasteiger partial charge in [-0.2, -0.15) is 0 Å². The number of allylic oxidation sites excluding steroid dienone is 1. The Labute approximate surface area is 102 Å². The molecule has 0 atom stereocenters. The Balaban J connectivity index is 2.92. The van der Waals surface area contributed by atoms with Crippen molar-refractivity contribution >= 4 is 5.78 Å². The SMILES string of the molecule is C=C(CC)CC(=O)c1ccc(OC)c(OC)c1. The maximum absolute atomic E-state index is 11.9. The molecule has 0 bridgehead atoms. The highest BCUT2D eigenvalue weighted by Crippen LogP contribution is 2.28. The molecule has 0 aliphatic rings. The van der Waals surface area contributed by atoms with Crippen LogP contribution in [0.15, 0.2) is 30.4 Å². The number of Topliss-reactive ketones (excluding diaryl/α,β-unsaturated/α-hetero) is 1. The van der Waals surface area contributed by atoms with Crippen molar-refractivity contribution in [3.05, 3.63) is 35.9 Å². The van der Waals surface area contributed by atoms with E-state index in [1.807, 2.05) is 6.92 Å². The van der Waals surface area contributed by atoms with Crippen LogP contribution in [-0.4, -0.2) is 20.0 Å². The van der Waals surface area contributed by atoms with Gasteiger partial charge in [0, 0.05) is 12.0 Å². The van der Waals surface area contributed by atoms with E-state index >= 15 is 0 Å². The van der Waals surface area contributed by atoms with Crippen LogP contribution >= 0.6 is 0 Å². The van der Waals surface area contributed by atoms with Crippen molar-refractivity contribution in [1.82, 2.24) is 0 Å². The molecule has 0 radical (unpaired) electrons. The van der Waals surface area contributed by atoms with E-state index in [0.717, 1.165) is 12.0 Å². The minimum Gasteiger partial charge on any atom is -0.493 e. The van der Waals surface area contributed by atoms with Gasteiger partial charge in [-0.1, -0.05) is 19.1 Å². The van der Waals surface area contributed by atoms with Gasteiger partial charge in [0.05, 0.1) is 14.2 Å². The Kier molecular flexibility index (Phi) is 4.76. The lowest BCUT2D eigenvalue weighted by atomic mass is 10.0. The second-order valence-electron chi connectivity index (χ2n) is 3.77. The van der Waals surface area contributed by atoms with E-state index in [0.29, 0.717) is 23.5 Å². The summed E-state index contributed by atoms with van der Waals surface area (Å²) in [6.45, 7) is 5.83. The van der Waals surface area contributed by atoms with Crippen LogP contribution in [-0.2, 0) is 0 Å². The van der Waals surface area contributed by atoms with Gasteiger partial charge in [-0.15, -0.1) is 0 Å². The van der Waals surface area contributed by atoms with E-state index in [4.69, 9.17) is 9.47 Å². The van der Waals surface area contributed by atoms with Crippen molar-refractivity contribution in [2.24, 2.45) is 0 Å². The van der Waals surface area contributed by atoms with Crippen LogP contribution in [0.3, 0.4) is 0 Å². The highest BCUT2D eigenvalue weighted by molar-refractivity contribution is 5.98. The zero-order valence-electron chi connectivity index (χ0n) is 10.6. The van der Waals surface area contributed by atoms with Gasteiger partial charge in [-0.3, -0.25) is 4.79 Å². The van der Waals surface area contributed by atoms with E-state index in [1.165, 1.54) is 0 Å². The van der Waals surface area contributed by atoms with Gasteiger partial charge in [0.1, 0.15) is 0 Å². The zero-order valence-corrected chi connectivity index (χ0v) is 10.6. The summed E-state index contributed by atoms with van der Waals surface area (Å²) in [5.74, 6) is 1.25. The molecule has 1 rings (SSSR count). The molecule has 0 saturated carbocycles. The predicted molar refractivity (Wildman–Crippen MR) is 67.9 cm³/mol. The topological polar surface area (TPSA) is 35.5 Å². The van der Waals surface area contributed by atoms with E-state index < -0.39 is 0 Å². The summed E-state index contributed by atoms with van der Waals surface area (Å²) < 4.78 is 10.3. The molecular formula is C14H18O3. The van der Waals surface area contributed by atoms with Gasteiger partial charge in [-0.25, -0.2) is 0 Å². The van der Waals surface area contributed by atoms with Crippen LogP contribution < -0.4 is 9.47 Å². The van der Waals surface area contributed by atoms with Gasteiger partial charge in [0.2, 0.25) is 0 Å². The van der Waals surface area contributed by atoms with Crippen molar-refractivity contribution < 1.29 is 14.3 Å². The van der Waals surface area contributed by atoms with Crippen LogP contribution in [0, 0.1) is 0 Å². The van der Waals surface area contributed by atoms with Crippen molar-refractivity contribution in [3.8, 4) is 11.5 Å². The summed E-state index contributed by atoms with van der Waals surface area (Å²) in [5.41, 5.74) is 1.56. The molecule has 0 aliphatic heterocycles. The minimum atomic E-state index is 0.0535. The second-order valence-corrected chi connectivity index (χ2v) is 3.77. The Bertz CT molecular complexity index is 421. The fraction of sp³-hybridized carbons (Fsp3) is 0.357. The minimum absolute atomic E-state index is 0.0535. The Morgan fingerprint density at radius 3 is 2.41 bits per heavy atom. The monoisotopic (exact) mass is 234 g/mol. The predicted octanol–water partition coefficient (Wildman–Crippen LogP) is 3.24. The first-order chi connectivity index (χ1) is 8.12. The highest BCUT2D eigenvalue weighted by Gasteiger charge is 2.11. The van der Waals surface area contributed by atoms with E-state index in [1.54, 1.807) is 32.4 Å². The van der Waals surface area contributed by atoms with Crippen molar-refractivity contribution in [2.75, 3.05) is 14.2 Å². The third-order valence-electron chi connectivity index (χ3n) is 2.62. The third kappa shape index (κ3) is 3.34. The molecule has 0 saturated heterocycles. The number of benzene rings is 1. The number of carbonyl (C=O) groups is 1. The van der Waals surface area contributed by atoms with Crippen LogP contribution in [0.1, 0.15) is 30.1 Å². The first kappa shape index (κ1) is 13.3. The van der Waals surface area contributed by atoms with Gasteiger partial charge < -0.3 is 9.47 Å². The summed E-state index contributed by atoms with van der Waals surface area (Å²) in [7, 11) is 3.12. The summed E-state index contributed by atoms with van der Waals surface area (Å²) in [6, 6.07) is 5.18. The normalized spacial score (nSPS) is 9.82. The summed E-state index contributed by atoms with van der Waals surface area (Å²) in [4.78, 5) is 11.9. The number of carbonyl (C=O) groups excluding carboxylic acids is 1. The number of ether oxygens (including phenoxy) is 2. The molecule has 3 nitrogen and oxygen atoms in total. The molecule has 0 spiro atoms. The lowest BCUT2D eigenvalue weighted by Crippen LogP contribution is -2.01. The second kappa shape index (κ2) is 6.09. The smallest absolute Gasteiger partial charge is 0.167 e. The van der Waals surface area contributed by atoms with Crippen LogP contribution in [0.5, 0.6) is 11.5 Å². The molecule has 17 heavy (non-hydrogen) atoms. The summed E-state index contributed by atoms with van der Waals surface area (Å²) in [6.07, 6.45) is 1.20. The Morgan fingerprint density at radius 2 is 1.88 bits per heavy atom. The number of methoxy groups -OCH3 is 2. The maximum Gasteiger partial charge on any atom is 0.167 e. The number of rotatable bonds is 6. The first-order valence-corrected chi connectivity index (χ1v) is 5.54. The fourth-order valence-electron chi connectivity index (χ4n) is 1.46. The highest BCUT2D eigenvalue weighted by atomic mass is 16.5. The van der Waals surface area contributed by atoms with Crippen molar-refractivity contribution in [3.63, 3.8) is 0 Å². The molecule has 1 aromatic rings. The summed E-state index contributed by atoms with van der Waals surface area (Å²) >= 11 is 0. The molecule has 0 amide bonds. The molecule has 0 aliphatic carbocycles. The van der Waals surface area contributed by atoms with E-state index in [-0.39, 0.29) is 5.78 Å². The average Bonchev–Trinajstić information content (AvgIpc) is 2.37. The summed E-state index contributed by atoms with van der Waals surface area (Å²) in [5, 5.41) is 0. The number of hydrogen-bond acceptors (Lipinski definition) is 3. The lowest BCUT2D eigenvalue weighted by molar-refractivity contribution is 0.0992. The standard InChI is InChI=1S/C14H18O3/c1-5-10(2)8-12(15)11-6-7-13(16-3)14(9-11)17-4/h6-7,9H,2,5,8H2,1,3-4H3. The van der Waals surface area contributed by atoms with Gasteiger partial charge in [-0.05, 0) is 24.6 Å². The molecule has 1 aromatic carbocycles. The molecule has 0 aromatic heterocycles. The lowest BCUT2D eigenvalue weighted by Gasteiger charge is -2.09. The molecule has 0 heterocycles. The number of ketones is 1. The molecule has 92 valence electrons. The van der Waals surface area contributed by atoms with E-state index in [9.17, 15) is 4.79 Å². The maximum atomic E-state index is 11.9. The Morgan fingerprint density at radius 1 is 1.24 bits per heavy atom. The zero-order chi connectivity index (χ0) is 12.8. The molecule has 0 unspecified atom stereocenters. The molecule has 0 fully saturated rings. The van der Waals surface area contributed by atoms with Crippen LogP contribution in [0.4, 0.5) is 0 Å². The fourth-order valence-corrected chi connectivity index (χ4v) is 1.46. The first-order valence-electron chi connectivity index (χ1n) is 5.54. The average molecular weight is 234 g/mol. The Hall–Kier alpha value is -1.77. The van der Waals surface area contributed by atoms with Gasteiger partial charge in [0.15, 0.2) is 17.3 Å². The van der Waals surface area contributed by atoms with Crippen molar-refractivity contribution in [2.45, 2.75) is 19.8 Å². The van der Waals surface area contributed by atoms with Gasteiger partial charge in [0.25, 0.3) is 0 Å². The van der Waals surface area contributed by atoms with E-state index in [2.05, 4.69) is 6.58 Å². The quantitative estimate of drug-likeness (QED) is 0.560. The van der Waals surface area contributed by atoms with Gasteiger partial charge >= 0.3 is 0 Å². The molecular weight excluding hydrogens is 216 g/mol. The van der Waals surface area contributed by atoms with Crippen molar-refractivity contribution in [1.29, 1.82) is 0 Å². The molecule has 0 N–H and O–H groups in total. The largest absolute Gasteiger partial charge is 0.493 e. The third-order valence-corrected chi connectivity index (χ3v) is 2.62. The van der Waals surface area contributed by atoms with Crippen LogP contribution in [0.2, 0.25) is 0 Å². The molecule has 3 heteroatoms. The number of hydrogen-bond donors (Lipinski definition) is 0.